The van der Waals surface area contributed by atoms with Gasteiger partial charge in [0.1, 0.15) is 0 Å². The molecular weight excluding hydrogens is 427 g/mol. The predicted octanol–water partition coefficient (Wildman–Crippen LogP) is 3.10. The van der Waals surface area contributed by atoms with E-state index >= 15 is 0 Å². The number of hydrogen-bond acceptors (Lipinski definition) is 3. The van der Waals surface area contributed by atoms with Gasteiger partial charge in [0.15, 0.2) is 5.96 Å². The van der Waals surface area contributed by atoms with Gasteiger partial charge in [-0.25, -0.2) is 0 Å². The van der Waals surface area contributed by atoms with Crippen molar-refractivity contribution in [2.75, 3.05) is 40.3 Å². The molecule has 0 radical (unpaired) electrons. The lowest BCUT2D eigenvalue weighted by Gasteiger charge is -2.52. The Morgan fingerprint density at radius 3 is 2.72 bits per heavy atom. The average Bonchev–Trinajstić information content (AvgIpc) is 2.56. The Labute approximate surface area is 171 Å². The van der Waals surface area contributed by atoms with Gasteiger partial charge in [-0.05, 0) is 45.2 Å². The van der Waals surface area contributed by atoms with Crippen LogP contribution >= 0.6 is 24.0 Å². The van der Waals surface area contributed by atoms with E-state index in [-0.39, 0.29) is 29.4 Å². The van der Waals surface area contributed by atoms with Crippen molar-refractivity contribution in [2.24, 2.45) is 16.3 Å². The summed E-state index contributed by atoms with van der Waals surface area (Å²) in [5, 5.41) is 7.14. The fraction of sp³-hybridized carbons (Fsp3) is 0.947. The summed E-state index contributed by atoms with van der Waals surface area (Å²) in [5.74, 6) is 1.66. The van der Waals surface area contributed by atoms with Crippen LogP contribution in [0.25, 0.3) is 0 Å². The Morgan fingerprint density at radius 1 is 1.36 bits per heavy atom. The molecule has 25 heavy (non-hydrogen) atoms. The van der Waals surface area contributed by atoms with Crippen LogP contribution in [0.15, 0.2) is 4.99 Å². The van der Waals surface area contributed by atoms with E-state index in [1.165, 1.54) is 32.4 Å². The van der Waals surface area contributed by atoms with Crippen molar-refractivity contribution >= 4 is 29.9 Å². The summed E-state index contributed by atoms with van der Waals surface area (Å²) >= 11 is 0. The molecule has 5 nitrogen and oxygen atoms in total. The van der Waals surface area contributed by atoms with Crippen molar-refractivity contribution in [3.8, 4) is 0 Å². The molecule has 6 heteroatoms. The summed E-state index contributed by atoms with van der Waals surface area (Å²) in [6.07, 6.45) is 6.42. The molecule has 1 saturated heterocycles. The first-order valence-electron chi connectivity index (χ1n) is 9.74. The number of nitrogens with one attached hydrogen (secondary N) is 2. The first-order valence-corrected chi connectivity index (χ1v) is 9.74. The van der Waals surface area contributed by atoms with Crippen LogP contribution in [0, 0.1) is 11.3 Å². The molecule has 0 bridgehead atoms. The van der Waals surface area contributed by atoms with Crippen molar-refractivity contribution in [3.05, 3.63) is 0 Å². The third-order valence-electron chi connectivity index (χ3n) is 5.81. The van der Waals surface area contributed by atoms with Crippen molar-refractivity contribution in [1.29, 1.82) is 0 Å². The highest BCUT2D eigenvalue weighted by Crippen LogP contribution is 2.42. The van der Waals surface area contributed by atoms with Gasteiger partial charge in [-0.1, -0.05) is 27.2 Å². The summed E-state index contributed by atoms with van der Waals surface area (Å²) < 4.78 is 6.04. The molecule has 1 saturated carbocycles. The minimum atomic E-state index is 0. The van der Waals surface area contributed by atoms with Gasteiger partial charge in [-0.3, -0.25) is 4.99 Å². The maximum absolute atomic E-state index is 6.04. The summed E-state index contributed by atoms with van der Waals surface area (Å²) in [4.78, 5) is 6.85. The average molecular weight is 466 g/mol. The van der Waals surface area contributed by atoms with Crippen LogP contribution in [-0.2, 0) is 4.74 Å². The zero-order valence-electron chi connectivity index (χ0n) is 16.8. The number of hydrogen-bond donors (Lipinski definition) is 2. The Bertz CT molecular complexity index is 416. The molecular formula is C19H39IN4O. The number of unbranched alkanes of at least 4 members (excludes halogenated alkanes) is 1. The summed E-state index contributed by atoms with van der Waals surface area (Å²) in [6, 6.07) is 0.435. The number of halogens is 1. The third-order valence-corrected chi connectivity index (χ3v) is 5.81. The molecule has 0 aromatic heterocycles. The zero-order chi connectivity index (χ0) is 17.6. The second kappa shape index (κ2) is 10.9. The summed E-state index contributed by atoms with van der Waals surface area (Å²) in [7, 11) is 4.08. The number of nitrogens with zero attached hydrogens (tertiary/aromatic N) is 2. The van der Waals surface area contributed by atoms with E-state index in [1.54, 1.807) is 0 Å². The van der Waals surface area contributed by atoms with Gasteiger partial charge in [0, 0.05) is 38.2 Å². The SMILES string of the molecule is CCCCOC1CC(NC(=NC)NCC2CCCN(C)C2)C1(C)C.I. The normalized spacial score (nSPS) is 29.5. The zero-order valence-corrected chi connectivity index (χ0v) is 19.1. The highest BCUT2D eigenvalue weighted by molar-refractivity contribution is 14.0. The predicted molar refractivity (Wildman–Crippen MR) is 117 cm³/mol. The molecule has 3 atom stereocenters. The first-order chi connectivity index (χ1) is 11.5. The monoisotopic (exact) mass is 466 g/mol. The Morgan fingerprint density at radius 2 is 2.12 bits per heavy atom. The lowest BCUT2D eigenvalue weighted by Crippen LogP contribution is -2.63. The van der Waals surface area contributed by atoms with Gasteiger partial charge < -0.3 is 20.3 Å². The largest absolute Gasteiger partial charge is 0.378 e. The molecule has 1 aliphatic heterocycles. The third kappa shape index (κ3) is 6.54. The van der Waals surface area contributed by atoms with Crippen molar-refractivity contribution in [2.45, 2.75) is 65.0 Å². The maximum Gasteiger partial charge on any atom is 0.191 e. The first kappa shape index (κ1) is 23.0. The van der Waals surface area contributed by atoms with Gasteiger partial charge in [-0.2, -0.15) is 0 Å². The van der Waals surface area contributed by atoms with Crippen LogP contribution in [0.2, 0.25) is 0 Å². The van der Waals surface area contributed by atoms with Gasteiger partial charge >= 0.3 is 0 Å². The lowest BCUT2D eigenvalue weighted by molar-refractivity contribution is -0.113. The molecule has 2 rings (SSSR count). The van der Waals surface area contributed by atoms with Crippen molar-refractivity contribution < 1.29 is 4.74 Å². The number of ether oxygens (including phenoxy) is 1. The highest BCUT2D eigenvalue weighted by atomic mass is 127. The van der Waals surface area contributed by atoms with Crippen LogP contribution in [0.5, 0.6) is 0 Å². The molecule has 0 aromatic carbocycles. The van der Waals surface area contributed by atoms with Gasteiger partial charge in [0.05, 0.1) is 6.10 Å². The Balaban J connectivity index is 0.00000312. The molecule has 2 aliphatic rings. The number of aliphatic imine (C=N–C) groups is 1. The molecule has 2 fully saturated rings. The molecule has 3 unspecified atom stereocenters. The smallest absolute Gasteiger partial charge is 0.191 e. The van der Waals surface area contributed by atoms with Crippen LogP contribution < -0.4 is 10.6 Å². The van der Waals surface area contributed by atoms with Gasteiger partial charge in [0.25, 0.3) is 0 Å². The lowest BCUT2D eigenvalue weighted by atomic mass is 9.64. The van der Waals surface area contributed by atoms with E-state index < -0.39 is 0 Å². The molecule has 0 aromatic rings. The van der Waals surface area contributed by atoms with E-state index in [4.69, 9.17) is 4.74 Å². The molecule has 0 amide bonds. The fourth-order valence-electron chi connectivity index (χ4n) is 3.82. The number of likely N-dealkylation sites (tertiary alicyclic amines) is 1. The number of guanidine groups is 1. The minimum absolute atomic E-state index is 0. The van der Waals surface area contributed by atoms with Crippen molar-refractivity contribution in [3.63, 3.8) is 0 Å². The summed E-state index contributed by atoms with van der Waals surface area (Å²) in [6.45, 7) is 11.1. The van der Waals surface area contributed by atoms with E-state index in [0.29, 0.717) is 12.1 Å². The summed E-state index contributed by atoms with van der Waals surface area (Å²) in [5.41, 5.74) is 0.163. The van der Waals surface area contributed by atoms with E-state index in [1.807, 2.05) is 7.05 Å². The highest BCUT2D eigenvalue weighted by Gasteiger charge is 2.49. The topological polar surface area (TPSA) is 48.9 Å². The molecule has 1 heterocycles. The fourth-order valence-corrected chi connectivity index (χ4v) is 3.82. The van der Waals surface area contributed by atoms with Crippen LogP contribution in [0.1, 0.15) is 52.9 Å². The number of piperidine rings is 1. The minimum Gasteiger partial charge on any atom is -0.378 e. The molecule has 2 N–H and O–H groups in total. The molecule has 1 aliphatic carbocycles. The second-order valence-electron chi connectivity index (χ2n) is 8.19. The quantitative estimate of drug-likeness (QED) is 0.262. The second-order valence-corrected chi connectivity index (χ2v) is 8.19. The van der Waals surface area contributed by atoms with E-state index in [2.05, 4.69) is 48.3 Å². The molecule has 148 valence electrons. The van der Waals surface area contributed by atoms with Crippen LogP contribution in [-0.4, -0.2) is 63.3 Å². The molecule has 0 spiro atoms. The number of rotatable bonds is 7. The van der Waals surface area contributed by atoms with Crippen LogP contribution in [0.4, 0.5) is 0 Å². The van der Waals surface area contributed by atoms with Crippen LogP contribution in [0.3, 0.4) is 0 Å². The Kier molecular flexibility index (Phi) is 10.0. The van der Waals surface area contributed by atoms with Gasteiger partial charge in [-0.15, -0.1) is 24.0 Å². The van der Waals surface area contributed by atoms with Crippen molar-refractivity contribution in [1.82, 2.24) is 15.5 Å². The standard InChI is InChI=1S/C19H38N4O.HI/c1-6-7-11-24-17-12-16(19(17,2)3)22-18(20-4)21-13-15-9-8-10-23(5)14-15;/h15-17H,6-14H2,1-5H3,(H2,20,21,22);1H. The van der Waals surface area contributed by atoms with E-state index in [0.717, 1.165) is 37.9 Å². The van der Waals surface area contributed by atoms with Gasteiger partial charge in [0.2, 0.25) is 0 Å². The van der Waals surface area contributed by atoms with E-state index in [9.17, 15) is 0 Å². The Hall–Kier alpha value is -0.0800. The maximum atomic E-state index is 6.04.